The predicted octanol–water partition coefficient (Wildman–Crippen LogP) is 2.44. The van der Waals surface area contributed by atoms with Gasteiger partial charge < -0.3 is 15.5 Å². The minimum absolute atomic E-state index is 0.235. The van der Waals surface area contributed by atoms with Crippen molar-refractivity contribution in [2.45, 2.75) is 6.10 Å². The van der Waals surface area contributed by atoms with Crippen molar-refractivity contribution in [1.29, 1.82) is 0 Å². The summed E-state index contributed by atoms with van der Waals surface area (Å²) in [5, 5.41) is 2.75. The van der Waals surface area contributed by atoms with Crippen LogP contribution in [0.25, 0.3) is 0 Å². The highest BCUT2D eigenvalue weighted by Crippen LogP contribution is 2.24. The third-order valence-electron chi connectivity index (χ3n) is 3.51. The molecule has 0 aliphatic carbocycles. The van der Waals surface area contributed by atoms with Crippen LogP contribution in [0.15, 0.2) is 36.4 Å². The van der Waals surface area contributed by atoms with Gasteiger partial charge in [-0.3, -0.25) is 15.5 Å². The number of ether oxygens (including phenoxy) is 1. The van der Waals surface area contributed by atoms with Gasteiger partial charge in [-0.2, -0.15) is 0 Å². The summed E-state index contributed by atoms with van der Waals surface area (Å²) < 4.78 is 5.84. The van der Waals surface area contributed by atoms with Gasteiger partial charge in [-0.1, -0.05) is 11.6 Å². The van der Waals surface area contributed by atoms with E-state index in [1.54, 1.807) is 36.4 Å². The molecule has 1 aromatic heterocycles. The fraction of sp³-hybridized carbons (Fsp3) is 0.200. The molecule has 1 unspecified atom stereocenters. The van der Waals surface area contributed by atoms with Crippen molar-refractivity contribution in [2.24, 2.45) is 5.84 Å². The lowest BCUT2D eigenvalue weighted by Gasteiger charge is -2.13. The van der Waals surface area contributed by atoms with Gasteiger partial charge in [-0.15, -0.1) is 11.3 Å². The Morgan fingerprint density at radius 1 is 1.33 bits per heavy atom. The molecule has 1 aromatic carbocycles. The Bertz CT molecular complexity index is 749. The first-order valence-electron chi connectivity index (χ1n) is 7.15. The molecule has 0 radical (unpaired) electrons. The first kappa shape index (κ1) is 16.6. The third-order valence-corrected chi connectivity index (χ3v) is 4.74. The minimum Gasteiger partial charge on any atom is -0.442 e. The quantitative estimate of drug-likeness (QED) is 0.558. The molecule has 4 N–H and O–H groups in total. The van der Waals surface area contributed by atoms with Crippen molar-refractivity contribution in [3.8, 4) is 0 Å². The van der Waals surface area contributed by atoms with Gasteiger partial charge in [0.15, 0.2) is 0 Å². The van der Waals surface area contributed by atoms with Gasteiger partial charge in [0.1, 0.15) is 6.10 Å². The number of carbonyl (C=O) groups is 2. The number of nitrogen functional groups attached to an aromatic ring is 1. The smallest absolute Gasteiger partial charge is 0.414 e. The van der Waals surface area contributed by atoms with Crippen molar-refractivity contribution in [1.82, 2.24) is 5.32 Å². The molecular formula is C15H15ClN4O3S. The SMILES string of the molecule is NNc1ccc(N2CC(CNC(=O)c3ccc(Cl)s3)OC2=O)cc1. The molecule has 2 aromatic rings. The summed E-state index contributed by atoms with van der Waals surface area (Å²) in [5.41, 5.74) is 3.97. The largest absolute Gasteiger partial charge is 0.442 e. The molecular weight excluding hydrogens is 352 g/mol. The number of hydrazine groups is 1. The summed E-state index contributed by atoms with van der Waals surface area (Å²) in [6, 6.07) is 10.4. The number of cyclic esters (lactones) is 1. The molecule has 0 bridgehead atoms. The lowest BCUT2D eigenvalue weighted by molar-refractivity contribution is 0.0920. The van der Waals surface area contributed by atoms with Crippen LogP contribution in [-0.4, -0.2) is 31.2 Å². The average Bonchev–Trinajstić information content (AvgIpc) is 3.18. The Morgan fingerprint density at radius 2 is 2.08 bits per heavy atom. The van der Waals surface area contributed by atoms with Gasteiger partial charge in [0.25, 0.3) is 5.91 Å². The Balaban J connectivity index is 1.57. The number of nitrogens with one attached hydrogen (secondary N) is 2. The van der Waals surface area contributed by atoms with Crippen molar-refractivity contribution in [3.05, 3.63) is 45.6 Å². The van der Waals surface area contributed by atoms with E-state index >= 15 is 0 Å². The zero-order valence-corrected chi connectivity index (χ0v) is 14.1. The molecule has 0 spiro atoms. The molecule has 126 valence electrons. The number of amides is 2. The van der Waals surface area contributed by atoms with E-state index in [1.807, 2.05) is 0 Å². The van der Waals surface area contributed by atoms with E-state index in [9.17, 15) is 9.59 Å². The van der Waals surface area contributed by atoms with E-state index in [-0.39, 0.29) is 12.5 Å². The van der Waals surface area contributed by atoms with E-state index in [2.05, 4.69) is 10.7 Å². The molecule has 1 fully saturated rings. The van der Waals surface area contributed by atoms with Crippen LogP contribution in [0.1, 0.15) is 9.67 Å². The summed E-state index contributed by atoms with van der Waals surface area (Å²) in [7, 11) is 0. The fourth-order valence-corrected chi connectivity index (χ4v) is 3.27. The van der Waals surface area contributed by atoms with Crippen LogP contribution >= 0.6 is 22.9 Å². The number of anilines is 2. The second-order valence-corrected chi connectivity index (χ2v) is 6.84. The Labute approximate surface area is 147 Å². The highest BCUT2D eigenvalue weighted by Gasteiger charge is 2.32. The number of carbonyl (C=O) groups excluding carboxylic acids is 2. The number of nitrogens with zero attached hydrogens (tertiary/aromatic N) is 1. The van der Waals surface area contributed by atoms with Crippen LogP contribution in [0.4, 0.5) is 16.2 Å². The van der Waals surface area contributed by atoms with Crippen molar-refractivity contribution in [2.75, 3.05) is 23.4 Å². The van der Waals surface area contributed by atoms with Crippen LogP contribution in [0.5, 0.6) is 0 Å². The number of thiophene rings is 1. The van der Waals surface area contributed by atoms with Gasteiger partial charge in [-0.25, -0.2) is 4.79 Å². The van der Waals surface area contributed by atoms with Crippen LogP contribution < -0.4 is 21.5 Å². The van der Waals surface area contributed by atoms with Crippen LogP contribution in [0, 0.1) is 0 Å². The zero-order chi connectivity index (χ0) is 17.1. The molecule has 1 saturated heterocycles. The van der Waals surface area contributed by atoms with Crippen LogP contribution in [0.2, 0.25) is 4.34 Å². The van der Waals surface area contributed by atoms with Crippen molar-refractivity contribution in [3.63, 3.8) is 0 Å². The molecule has 24 heavy (non-hydrogen) atoms. The predicted molar refractivity (Wildman–Crippen MR) is 93.5 cm³/mol. The van der Waals surface area contributed by atoms with Gasteiger partial charge in [0.05, 0.1) is 22.3 Å². The Morgan fingerprint density at radius 3 is 2.71 bits per heavy atom. The standard InChI is InChI=1S/C15H15ClN4O3S/c16-13-6-5-12(24-13)14(21)18-7-11-8-20(15(22)23-11)10-3-1-9(19-17)2-4-10/h1-6,11,19H,7-8,17H2,(H,18,21). The average molecular weight is 367 g/mol. The summed E-state index contributed by atoms with van der Waals surface area (Å²) >= 11 is 7.01. The monoisotopic (exact) mass is 366 g/mol. The summed E-state index contributed by atoms with van der Waals surface area (Å²) in [5.74, 6) is 5.08. The number of nitrogens with two attached hydrogens (primary N) is 1. The van der Waals surface area contributed by atoms with E-state index in [1.165, 1.54) is 16.2 Å². The van der Waals surface area contributed by atoms with Gasteiger partial charge >= 0.3 is 6.09 Å². The highest BCUT2D eigenvalue weighted by molar-refractivity contribution is 7.17. The second kappa shape index (κ2) is 7.08. The van der Waals surface area contributed by atoms with Gasteiger partial charge in [0.2, 0.25) is 0 Å². The van der Waals surface area contributed by atoms with Crippen molar-refractivity contribution >= 4 is 46.3 Å². The molecule has 3 rings (SSSR count). The first-order valence-corrected chi connectivity index (χ1v) is 8.34. The minimum atomic E-state index is -0.443. The summed E-state index contributed by atoms with van der Waals surface area (Å²) in [4.78, 5) is 26.0. The number of hydrogen-bond donors (Lipinski definition) is 3. The molecule has 7 nitrogen and oxygen atoms in total. The Hall–Kier alpha value is -2.29. The number of benzene rings is 1. The van der Waals surface area contributed by atoms with Crippen molar-refractivity contribution < 1.29 is 14.3 Å². The van der Waals surface area contributed by atoms with Gasteiger partial charge in [-0.05, 0) is 36.4 Å². The molecule has 9 heteroatoms. The Kier molecular flexibility index (Phi) is 4.89. The molecule has 1 aliphatic heterocycles. The lowest BCUT2D eigenvalue weighted by Crippen LogP contribution is -2.34. The first-order chi connectivity index (χ1) is 11.6. The van der Waals surface area contributed by atoms with Gasteiger partial charge in [0, 0.05) is 11.4 Å². The molecule has 2 amide bonds. The molecule has 2 heterocycles. The van der Waals surface area contributed by atoms with E-state index in [4.69, 9.17) is 22.2 Å². The van der Waals surface area contributed by atoms with E-state index < -0.39 is 12.2 Å². The maximum atomic E-state index is 12.0. The second-order valence-electron chi connectivity index (χ2n) is 5.12. The van der Waals surface area contributed by atoms with E-state index in [0.717, 1.165) is 5.69 Å². The maximum Gasteiger partial charge on any atom is 0.414 e. The fourth-order valence-electron chi connectivity index (χ4n) is 2.31. The summed E-state index contributed by atoms with van der Waals surface area (Å²) in [6.45, 7) is 0.596. The van der Waals surface area contributed by atoms with Crippen LogP contribution in [0.3, 0.4) is 0 Å². The number of halogens is 1. The lowest BCUT2D eigenvalue weighted by atomic mass is 10.2. The maximum absolute atomic E-state index is 12.0. The van der Waals surface area contributed by atoms with E-state index in [0.29, 0.717) is 21.4 Å². The molecule has 1 atom stereocenters. The molecule has 0 saturated carbocycles. The van der Waals surface area contributed by atoms with Crippen LogP contribution in [-0.2, 0) is 4.74 Å². The number of hydrogen-bond acceptors (Lipinski definition) is 6. The third kappa shape index (κ3) is 3.61. The number of rotatable bonds is 5. The molecule has 1 aliphatic rings. The topological polar surface area (TPSA) is 96.7 Å². The summed E-state index contributed by atoms with van der Waals surface area (Å²) in [6.07, 6.45) is -0.855. The highest BCUT2D eigenvalue weighted by atomic mass is 35.5. The normalized spacial score (nSPS) is 16.8. The zero-order valence-electron chi connectivity index (χ0n) is 12.5.